The molecular formula is C14H22N4O2S. The van der Waals surface area contributed by atoms with E-state index in [1.165, 1.54) is 4.90 Å². The zero-order valence-corrected chi connectivity index (χ0v) is 11.9. The number of nitrogens with two attached hydrogens (primary N) is 1. The van der Waals surface area contributed by atoms with E-state index in [-0.39, 0.29) is 26.4 Å². The van der Waals surface area contributed by atoms with Crippen LogP contribution in [0.25, 0.3) is 0 Å². The van der Waals surface area contributed by atoms with Crippen molar-refractivity contribution in [1.82, 2.24) is 10.2 Å². The fraction of sp³-hybridized carbons (Fsp3) is 0.357. The molecular weight excluding hydrogens is 288 g/mol. The third-order valence-electron chi connectivity index (χ3n) is 3.05. The second-order valence-corrected chi connectivity index (χ2v) is 5.04. The number of urea groups is 1. The molecule has 116 valence electrons. The Morgan fingerprint density at radius 2 is 2.14 bits per heavy atom. The normalized spacial score (nSPS) is 14.4. The lowest BCUT2D eigenvalue weighted by molar-refractivity contribution is -0.120. The van der Waals surface area contributed by atoms with Crippen molar-refractivity contribution in [2.24, 2.45) is 5.73 Å². The summed E-state index contributed by atoms with van der Waals surface area (Å²) in [4.78, 5) is 26.9. The average Bonchev–Trinajstić information content (AvgIpc) is 2.37. The number of amides is 3. The largest absolute Gasteiger partial charge is 0.376 e. The average molecular weight is 310 g/mol. The molecule has 0 saturated carbocycles. The Hall–Kier alpha value is -2.15. The molecule has 1 saturated heterocycles. The minimum atomic E-state index is -0.435. The Labute approximate surface area is 131 Å². The molecule has 21 heavy (non-hydrogen) atoms. The first-order chi connectivity index (χ1) is 9.47. The van der Waals surface area contributed by atoms with Gasteiger partial charge in [-0.25, -0.2) is 4.79 Å². The van der Waals surface area contributed by atoms with Gasteiger partial charge < -0.3 is 15.5 Å². The smallest absolute Gasteiger partial charge is 0.324 e. The van der Waals surface area contributed by atoms with Crippen LogP contribution in [0.3, 0.4) is 0 Å². The maximum absolute atomic E-state index is 12.1. The lowest BCUT2D eigenvalue weighted by Gasteiger charge is -2.34. The van der Waals surface area contributed by atoms with Gasteiger partial charge >= 0.3 is 6.03 Å². The molecule has 1 aromatic rings. The van der Waals surface area contributed by atoms with Crippen LogP contribution in [0.4, 0.5) is 10.5 Å². The molecule has 0 aliphatic carbocycles. The molecule has 7 heteroatoms. The van der Waals surface area contributed by atoms with E-state index in [9.17, 15) is 9.59 Å². The first kappa shape index (κ1) is 16.9. The highest BCUT2D eigenvalue weighted by Crippen LogP contribution is 2.18. The predicted molar refractivity (Wildman–Crippen MR) is 89.3 cm³/mol. The molecule has 2 rings (SSSR count). The van der Waals surface area contributed by atoms with Crippen molar-refractivity contribution in [2.75, 3.05) is 24.5 Å². The fourth-order valence-corrected chi connectivity index (χ4v) is 2.19. The third-order valence-corrected chi connectivity index (χ3v) is 3.15. The first-order valence-electron chi connectivity index (χ1n) is 6.20. The van der Waals surface area contributed by atoms with Crippen LogP contribution in [0.15, 0.2) is 24.3 Å². The van der Waals surface area contributed by atoms with Gasteiger partial charge in [-0.2, -0.15) is 0 Å². The minimum absolute atomic E-state index is 0. The van der Waals surface area contributed by atoms with Gasteiger partial charge in [-0.15, -0.1) is 0 Å². The highest BCUT2D eigenvalue weighted by Gasteiger charge is 2.28. The van der Waals surface area contributed by atoms with Gasteiger partial charge in [-0.1, -0.05) is 19.6 Å². The van der Waals surface area contributed by atoms with Crippen LogP contribution in [0.2, 0.25) is 0 Å². The Kier molecular flexibility index (Phi) is 5.66. The van der Waals surface area contributed by atoms with E-state index in [1.807, 2.05) is 31.2 Å². The highest BCUT2D eigenvalue weighted by atomic mass is 32.1. The predicted octanol–water partition coefficient (Wildman–Crippen LogP) is 1.48. The van der Waals surface area contributed by atoms with Crippen molar-refractivity contribution in [3.63, 3.8) is 0 Å². The number of anilines is 1. The summed E-state index contributed by atoms with van der Waals surface area (Å²) in [5.74, 6) is -0.125. The summed E-state index contributed by atoms with van der Waals surface area (Å²) >= 11 is 4.61. The van der Waals surface area contributed by atoms with Crippen molar-refractivity contribution in [3.05, 3.63) is 29.8 Å². The van der Waals surface area contributed by atoms with Gasteiger partial charge in [-0.3, -0.25) is 10.1 Å². The SMILES string of the molecule is C.Cc1cccc(N2CCN(C(=O)NC(N)=S)CC2=O)c1.[HH]. The zero-order chi connectivity index (χ0) is 14.7. The Bertz CT molecular complexity index is 568. The van der Waals surface area contributed by atoms with Gasteiger partial charge in [0.25, 0.3) is 0 Å². The standard InChI is InChI=1S/C13H16N4O2S.CH4.H2/c1-9-3-2-4-10(7-9)17-6-5-16(8-11(17)18)13(19)15-12(14)20;;/h2-4,7H,5-6,8H2,1H3,(H3,14,15,19,20);1H4;1H. The van der Waals surface area contributed by atoms with Crippen LogP contribution >= 0.6 is 12.2 Å². The fourth-order valence-electron chi connectivity index (χ4n) is 2.10. The minimum Gasteiger partial charge on any atom is -0.376 e. The number of carbonyl (C=O) groups excluding carboxylic acids is 2. The van der Waals surface area contributed by atoms with Gasteiger partial charge in [-0.05, 0) is 36.8 Å². The topological polar surface area (TPSA) is 78.7 Å². The second kappa shape index (κ2) is 7.03. The molecule has 0 unspecified atom stereocenters. The Morgan fingerprint density at radius 3 is 2.71 bits per heavy atom. The van der Waals surface area contributed by atoms with Crippen molar-refractivity contribution in [3.8, 4) is 0 Å². The summed E-state index contributed by atoms with van der Waals surface area (Å²) in [6.07, 6.45) is 0. The van der Waals surface area contributed by atoms with E-state index in [0.29, 0.717) is 13.1 Å². The summed E-state index contributed by atoms with van der Waals surface area (Å²) < 4.78 is 0. The van der Waals surface area contributed by atoms with Crippen LogP contribution in [-0.2, 0) is 4.79 Å². The monoisotopic (exact) mass is 310 g/mol. The lowest BCUT2D eigenvalue weighted by atomic mass is 10.2. The van der Waals surface area contributed by atoms with Gasteiger partial charge in [0.05, 0.1) is 0 Å². The molecule has 3 amide bonds. The molecule has 1 aliphatic rings. The number of benzene rings is 1. The Balaban J connectivity index is 0.00000220. The molecule has 0 radical (unpaired) electrons. The van der Waals surface area contributed by atoms with Crippen molar-refractivity contribution < 1.29 is 11.0 Å². The molecule has 3 N–H and O–H groups in total. The molecule has 1 heterocycles. The number of carbonyl (C=O) groups is 2. The van der Waals surface area contributed by atoms with E-state index in [0.717, 1.165) is 11.3 Å². The molecule has 0 atom stereocenters. The summed E-state index contributed by atoms with van der Waals surface area (Å²) in [5, 5.41) is 2.23. The molecule has 6 nitrogen and oxygen atoms in total. The summed E-state index contributed by atoms with van der Waals surface area (Å²) in [6, 6.07) is 7.27. The second-order valence-electron chi connectivity index (χ2n) is 4.60. The molecule has 1 fully saturated rings. The van der Waals surface area contributed by atoms with Crippen LogP contribution in [-0.4, -0.2) is 41.6 Å². The third kappa shape index (κ3) is 4.16. The van der Waals surface area contributed by atoms with Crippen molar-refractivity contribution >= 4 is 35.0 Å². The number of hydrogen-bond acceptors (Lipinski definition) is 3. The number of thiocarbonyl (C=S) groups is 1. The van der Waals surface area contributed by atoms with E-state index in [4.69, 9.17) is 5.73 Å². The van der Waals surface area contributed by atoms with Crippen LogP contribution in [0.5, 0.6) is 0 Å². The maximum Gasteiger partial charge on any atom is 0.324 e. The number of nitrogens with zero attached hydrogens (tertiary/aromatic N) is 2. The van der Waals surface area contributed by atoms with Gasteiger partial charge in [0, 0.05) is 20.2 Å². The molecule has 0 spiro atoms. The summed E-state index contributed by atoms with van der Waals surface area (Å²) in [5.41, 5.74) is 7.19. The number of aryl methyl sites for hydroxylation is 1. The number of rotatable bonds is 1. The Morgan fingerprint density at radius 1 is 1.43 bits per heavy atom. The van der Waals surface area contributed by atoms with E-state index in [1.54, 1.807) is 4.90 Å². The van der Waals surface area contributed by atoms with E-state index >= 15 is 0 Å². The van der Waals surface area contributed by atoms with Crippen molar-refractivity contribution in [1.29, 1.82) is 0 Å². The quantitative estimate of drug-likeness (QED) is 0.770. The van der Waals surface area contributed by atoms with Crippen LogP contribution in [0, 0.1) is 6.92 Å². The molecule has 1 aromatic carbocycles. The van der Waals surface area contributed by atoms with Crippen LogP contribution < -0.4 is 16.0 Å². The van der Waals surface area contributed by atoms with Crippen molar-refractivity contribution in [2.45, 2.75) is 14.4 Å². The maximum atomic E-state index is 12.1. The molecule has 0 bridgehead atoms. The summed E-state index contributed by atoms with van der Waals surface area (Å²) in [6.45, 7) is 2.88. The highest BCUT2D eigenvalue weighted by molar-refractivity contribution is 7.80. The summed E-state index contributed by atoms with van der Waals surface area (Å²) in [7, 11) is 0. The zero-order valence-electron chi connectivity index (χ0n) is 11.1. The number of nitrogens with one attached hydrogen (secondary N) is 1. The molecule has 1 aliphatic heterocycles. The van der Waals surface area contributed by atoms with Gasteiger partial charge in [0.1, 0.15) is 6.54 Å². The molecule has 0 aromatic heterocycles. The van der Waals surface area contributed by atoms with E-state index < -0.39 is 6.03 Å². The van der Waals surface area contributed by atoms with Gasteiger partial charge in [0.2, 0.25) is 5.91 Å². The first-order valence-corrected chi connectivity index (χ1v) is 6.60. The number of hydrogen-bond donors (Lipinski definition) is 2. The van der Waals surface area contributed by atoms with E-state index in [2.05, 4.69) is 17.5 Å². The van der Waals surface area contributed by atoms with Gasteiger partial charge in [0.15, 0.2) is 5.11 Å². The lowest BCUT2D eigenvalue weighted by Crippen LogP contribution is -2.56. The number of piperazine rings is 1. The van der Waals surface area contributed by atoms with Crippen LogP contribution in [0.1, 0.15) is 14.4 Å².